The maximum absolute atomic E-state index is 12.8. The monoisotopic (exact) mass is 410 g/mol. The van der Waals surface area contributed by atoms with Crippen molar-refractivity contribution in [1.29, 1.82) is 0 Å². The van der Waals surface area contributed by atoms with E-state index in [2.05, 4.69) is 20.9 Å². The summed E-state index contributed by atoms with van der Waals surface area (Å²) in [5.41, 5.74) is 0.647. The SMILES string of the molecule is O=C1CSc2ccccc2C(=O)N1CCCCN1CCN(c2ccccn2)CC1. The van der Waals surface area contributed by atoms with Crippen LogP contribution in [0.2, 0.25) is 0 Å². The molecule has 2 aromatic rings. The zero-order valence-electron chi connectivity index (χ0n) is 16.5. The zero-order valence-corrected chi connectivity index (χ0v) is 17.3. The first kappa shape index (κ1) is 19.9. The third-order valence-electron chi connectivity index (χ3n) is 5.47. The van der Waals surface area contributed by atoms with Crippen molar-refractivity contribution in [3.63, 3.8) is 0 Å². The van der Waals surface area contributed by atoms with E-state index in [0.717, 1.165) is 56.3 Å². The maximum Gasteiger partial charge on any atom is 0.261 e. The molecule has 1 saturated heterocycles. The second kappa shape index (κ2) is 9.41. The number of imide groups is 1. The average Bonchev–Trinajstić information content (AvgIpc) is 2.89. The van der Waals surface area contributed by atoms with Crippen molar-refractivity contribution in [1.82, 2.24) is 14.8 Å². The number of hydrogen-bond donors (Lipinski definition) is 0. The van der Waals surface area contributed by atoms with Crippen molar-refractivity contribution in [2.24, 2.45) is 0 Å². The van der Waals surface area contributed by atoms with E-state index in [4.69, 9.17) is 0 Å². The highest BCUT2D eigenvalue weighted by Crippen LogP contribution is 2.27. The number of carbonyl (C=O) groups excluding carboxylic acids is 2. The van der Waals surface area contributed by atoms with Gasteiger partial charge in [-0.05, 0) is 43.7 Å². The van der Waals surface area contributed by atoms with Crippen LogP contribution in [-0.4, -0.2) is 71.6 Å². The van der Waals surface area contributed by atoms with Crippen LogP contribution in [0.5, 0.6) is 0 Å². The number of thioether (sulfide) groups is 1. The number of nitrogens with zero attached hydrogens (tertiary/aromatic N) is 4. The van der Waals surface area contributed by atoms with E-state index in [1.807, 2.05) is 42.6 Å². The van der Waals surface area contributed by atoms with Gasteiger partial charge in [-0.15, -0.1) is 11.8 Å². The number of hydrogen-bond acceptors (Lipinski definition) is 6. The first-order valence-corrected chi connectivity index (χ1v) is 11.2. The fourth-order valence-corrected chi connectivity index (χ4v) is 4.74. The van der Waals surface area contributed by atoms with Crippen molar-refractivity contribution in [3.05, 3.63) is 54.2 Å². The number of carbonyl (C=O) groups is 2. The van der Waals surface area contributed by atoms with E-state index < -0.39 is 0 Å². The number of benzene rings is 1. The molecule has 2 amide bonds. The third-order valence-corrected chi connectivity index (χ3v) is 6.52. The van der Waals surface area contributed by atoms with Crippen LogP contribution in [0.15, 0.2) is 53.6 Å². The minimum atomic E-state index is -0.153. The Labute approximate surface area is 175 Å². The second-order valence-electron chi connectivity index (χ2n) is 7.36. The van der Waals surface area contributed by atoms with Gasteiger partial charge in [0.2, 0.25) is 5.91 Å². The molecule has 3 heterocycles. The van der Waals surface area contributed by atoms with Gasteiger partial charge in [-0.2, -0.15) is 0 Å². The Balaban J connectivity index is 1.23. The largest absolute Gasteiger partial charge is 0.354 e. The van der Waals surface area contributed by atoms with Crippen molar-refractivity contribution in [2.45, 2.75) is 17.7 Å². The zero-order chi connectivity index (χ0) is 20.1. The first-order valence-electron chi connectivity index (χ1n) is 10.2. The van der Waals surface area contributed by atoms with Crippen molar-refractivity contribution in [2.75, 3.05) is 49.9 Å². The Morgan fingerprint density at radius 2 is 1.66 bits per heavy atom. The highest BCUT2D eigenvalue weighted by Gasteiger charge is 2.28. The lowest BCUT2D eigenvalue weighted by Gasteiger charge is -2.35. The van der Waals surface area contributed by atoms with Crippen LogP contribution < -0.4 is 4.90 Å². The number of fused-ring (bicyclic) bond motifs is 1. The number of aromatic nitrogens is 1. The highest BCUT2D eigenvalue weighted by atomic mass is 32.2. The summed E-state index contributed by atoms with van der Waals surface area (Å²) in [6.45, 7) is 5.49. The van der Waals surface area contributed by atoms with Crippen LogP contribution in [0.3, 0.4) is 0 Å². The summed E-state index contributed by atoms with van der Waals surface area (Å²) in [6, 6.07) is 13.5. The Morgan fingerprint density at radius 1 is 0.897 bits per heavy atom. The van der Waals surface area contributed by atoms with E-state index in [-0.39, 0.29) is 11.8 Å². The Kier molecular flexibility index (Phi) is 6.46. The highest BCUT2D eigenvalue weighted by molar-refractivity contribution is 8.00. The summed E-state index contributed by atoms with van der Waals surface area (Å²) in [5.74, 6) is 1.14. The van der Waals surface area contributed by atoms with Gasteiger partial charge in [0, 0.05) is 43.8 Å². The molecule has 2 aliphatic rings. The lowest BCUT2D eigenvalue weighted by atomic mass is 10.2. The lowest BCUT2D eigenvalue weighted by molar-refractivity contribution is -0.125. The Morgan fingerprint density at radius 3 is 2.45 bits per heavy atom. The molecule has 0 N–H and O–H groups in total. The molecule has 0 bridgehead atoms. The van der Waals surface area contributed by atoms with Crippen LogP contribution in [0, 0.1) is 0 Å². The number of anilines is 1. The molecule has 0 spiro atoms. The molecule has 0 atom stereocenters. The number of amides is 2. The topological polar surface area (TPSA) is 56.8 Å². The van der Waals surface area contributed by atoms with Crippen molar-refractivity contribution < 1.29 is 9.59 Å². The van der Waals surface area contributed by atoms with Gasteiger partial charge in [0.1, 0.15) is 5.82 Å². The molecule has 152 valence electrons. The molecule has 0 radical (unpaired) electrons. The number of pyridine rings is 1. The van der Waals surface area contributed by atoms with Crippen LogP contribution >= 0.6 is 11.8 Å². The predicted octanol–water partition coefficient (Wildman–Crippen LogP) is 2.76. The lowest BCUT2D eigenvalue weighted by Crippen LogP contribution is -2.47. The van der Waals surface area contributed by atoms with Crippen molar-refractivity contribution >= 4 is 29.4 Å². The van der Waals surface area contributed by atoms with Gasteiger partial charge in [-0.25, -0.2) is 4.98 Å². The molecule has 1 fully saturated rings. The van der Waals surface area contributed by atoms with Gasteiger partial charge in [0.15, 0.2) is 0 Å². The summed E-state index contributed by atoms with van der Waals surface area (Å²) < 4.78 is 0. The number of piperazine rings is 1. The minimum absolute atomic E-state index is 0.0832. The van der Waals surface area contributed by atoms with Gasteiger partial charge in [0.25, 0.3) is 5.91 Å². The smallest absolute Gasteiger partial charge is 0.261 e. The van der Waals surface area contributed by atoms with Gasteiger partial charge in [-0.3, -0.25) is 19.4 Å². The molecule has 4 rings (SSSR count). The summed E-state index contributed by atoms with van der Waals surface area (Å²) in [4.78, 5) is 36.8. The van der Waals surface area contributed by atoms with Crippen LogP contribution in [-0.2, 0) is 4.79 Å². The molecule has 6 nitrogen and oxygen atoms in total. The quantitative estimate of drug-likeness (QED) is 0.539. The Bertz CT molecular complexity index is 853. The maximum atomic E-state index is 12.8. The molecule has 1 aromatic carbocycles. The van der Waals surface area contributed by atoms with Crippen LogP contribution in [0.4, 0.5) is 5.82 Å². The Hall–Kier alpha value is -2.38. The van der Waals surface area contributed by atoms with E-state index in [1.54, 1.807) is 0 Å². The predicted molar refractivity (Wildman–Crippen MR) is 115 cm³/mol. The minimum Gasteiger partial charge on any atom is -0.354 e. The fourth-order valence-electron chi connectivity index (χ4n) is 3.82. The number of unbranched alkanes of at least 4 members (excludes halogenated alkanes) is 1. The van der Waals surface area contributed by atoms with E-state index in [0.29, 0.717) is 17.9 Å². The molecule has 0 aliphatic carbocycles. The van der Waals surface area contributed by atoms with E-state index in [9.17, 15) is 9.59 Å². The van der Waals surface area contributed by atoms with Crippen molar-refractivity contribution in [3.8, 4) is 0 Å². The van der Waals surface area contributed by atoms with Crippen LogP contribution in [0.1, 0.15) is 23.2 Å². The molecule has 2 aliphatic heterocycles. The first-order chi connectivity index (χ1) is 14.2. The molecular formula is C22H26N4O2S. The standard InChI is InChI=1S/C22H26N4O2S/c27-21-17-29-19-8-2-1-7-18(19)22(28)26(21)12-6-5-11-24-13-15-25(16-14-24)20-9-3-4-10-23-20/h1-4,7-10H,5-6,11-17H2. The fraction of sp³-hybridized carbons (Fsp3) is 0.409. The molecular weight excluding hydrogens is 384 g/mol. The average molecular weight is 411 g/mol. The second-order valence-corrected chi connectivity index (χ2v) is 8.38. The summed E-state index contributed by atoms with van der Waals surface area (Å²) >= 11 is 1.46. The van der Waals surface area contributed by atoms with Gasteiger partial charge < -0.3 is 4.90 Å². The molecule has 29 heavy (non-hydrogen) atoms. The van der Waals surface area contributed by atoms with Crippen LogP contribution in [0.25, 0.3) is 0 Å². The molecule has 7 heteroatoms. The summed E-state index contributed by atoms with van der Waals surface area (Å²) in [7, 11) is 0. The molecule has 1 aromatic heterocycles. The molecule has 0 saturated carbocycles. The van der Waals surface area contributed by atoms with E-state index in [1.165, 1.54) is 16.7 Å². The summed E-state index contributed by atoms with van der Waals surface area (Å²) in [5, 5.41) is 0. The van der Waals surface area contributed by atoms with Gasteiger partial charge in [0.05, 0.1) is 11.3 Å². The molecule has 0 unspecified atom stereocenters. The summed E-state index contributed by atoms with van der Waals surface area (Å²) in [6.07, 6.45) is 3.66. The third kappa shape index (κ3) is 4.79. The van der Waals surface area contributed by atoms with E-state index >= 15 is 0 Å². The van der Waals surface area contributed by atoms with Gasteiger partial charge in [-0.1, -0.05) is 18.2 Å². The van der Waals surface area contributed by atoms with Gasteiger partial charge >= 0.3 is 0 Å². The number of rotatable bonds is 6. The normalized spacial score (nSPS) is 17.9.